The molecule has 1 amide bonds. The number of amides is 1. The summed E-state index contributed by atoms with van der Waals surface area (Å²) in [6, 6.07) is 10.2. The number of benzene rings is 1. The van der Waals surface area contributed by atoms with E-state index in [0.29, 0.717) is 19.0 Å². The molecule has 1 saturated heterocycles. The van der Waals surface area contributed by atoms with Crippen LogP contribution in [0.2, 0.25) is 0 Å². The standard InChI is InChI=1S/C15H22N2OS/c16-9-5-10-17(12-13-6-2-1-3-7-13)15(18)14-8-4-11-19-14/h1-3,6-7,14H,4-5,8-12,16H2. The van der Waals surface area contributed by atoms with Gasteiger partial charge < -0.3 is 10.6 Å². The molecule has 1 aromatic rings. The molecule has 0 spiro atoms. The van der Waals surface area contributed by atoms with Crippen molar-refractivity contribution in [3.8, 4) is 0 Å². The van der Waals surface area contributed by atoms with Gasteiger partial charge in [-0.2, -0.15) is 0 Å². The molecule has 1 aliphatic rings. The van der Waals surface area contributed by atoms with Gasteiger partial charge in [0.05, 0.1) is 5.25 Å². The van der Waals surface area contributed by atoms with Crippen molar-refractivity contribution in [2.45, 2.75) is 31.1 Å². The minimum Gasteiger partial charge on any atom is -0.337 e. The van der Waals surface area contributed by atoms with Crippen LogP contribution in [0.3, 0.4) is 0 Å². The van der Waals surface area contributed by atoms with Crippen LogP contribution < -0.4 is 5.73 Å². The molecule has 4 heteroatoms. The zero-order chi connectivity index (χ0) is 13.5. The van der Waals surface area contributed by atoms with Crippen molar-refractivity contribution in [3.63, 3.8) is 0 Å². The minimum atomic E-state index is 0.168. The fourth-order valence-electron chi connectivity index (χ4n) is 2.33. The van der Waals surface area contributed by atoms with E-state index in [-0.39, 0.29) is 5.25 Å². The molecule has 2 rings (SSSR count). The molecular formula is C15H22N2OS. The first kappa shape index (κ1) is 14.4. The first-order valence-corrected chi connectivity index (χ1v) is 8.00. The maximum Gasteiger partial charge on any atom is 0.235 e. The third kappa shape index (κ3) is 4.25. The number of hydrogen-bond acceptors (Lipinski definition) is 3. The number of thioether (sulfide) groups is 1. The van der Waals surface area contributed by atoms with E-state index < -0.39 is 0 Å². The SMILES string of the molecule is NCCCN(Cc1ccccc1)C(=O)C1CCCS1. The normalized spacial score (nSPS) is 18.5. The predicted molar refractivity (Wildman–Crippen MR) is 81.0 cm³/mol. The van der Waals surface area contributed by atoms with Crippen molar-refractivity contribution in [1.29, 1.82) is 0 Å². The fourth-order valence-corrected chi connectivity index (χ4v) is 3.57. The molecule has 1 atom stereocenters. The zero-order valence-corrected chi connectivity index (χ0v) is 12.1. The largest absolute Gasteiger partial charge is 0.337 e. The van der Waals surface area contributed by atoms with Gasteiger partial charge in [0, 0.05) is 13.1 Å². The monoisotopic (exact) mass is 278 g/mol. The average Bonchev–Trinajstić information content (AvgIpc) is 2.98. The number of hydrogen-bond donors (Lipinski definition) is 1. The number of carbonyl (C=O) groups is 1. The van der Waals surface area contributed by atoms with Crippen LogP contribution in [0.1, 0.15) is 24.8 Å². The highest BCUT2D eigenvalue weighted by Gasteiger charge is 2.27. The lowest BCUT2D eigenvalue weighted by molar-refractivity contribution is -0.131. The predicted octanol–water partition coefficient (Wildman–Crippen LogP) is 2.26. The van der Waals surface area contributed by atoms with E-state index >= 15 is 0 Å². The van der Waals surface area contributed by atoms with Gasteiger partial charge >= 0.3 is 0 Å². The Morgan fingerprint density at radius 2 is 2.16 bits per heavy atom. The number of carbonyl (C=O) groups excluding carboxylic acids is 1. The highest BCUT2D eigenvalue weighted by Crippen LogP contribution is 2.28. The second kappa shape index (κ2) is 7.56. The van der Waals surface area contributed by atoms with Crippen molar-refractivity contribution < 1.29 is 4.79 Å². The van der Waals surface area contributed by atoms with Gasteiger partial charge in [-0.3, -0.25) is 4.79 Å². The molecule has 0 aliphatic carbocycles. The highest BCUT2D eigenvalue weighted by molar-refractivity contribution is 8.00. The summed E-state index contributed by atoms with van der Waals surface area (Å²) in [5, 5.41) is 0.168. The average molecular weight is 278 g/mol. The molecule has 0 bridgehead atoms. The van der Waals surface area contributed by atoms with Crippen molar-refractivity contribution in [3.05, 3.63) is 35.9 Å². The maximum atomic E-state index is 12.5. The number of nitrogens with two attached hydrogens (primary N) is 1. The molecule has 0 radical (unpaired) electrons. The summed E-state index contributed by atoms with van der Waals surface area (Å²) in [5.41, 5.74) is 6.77. The number of nitrogens with zero attached hydrogens (tertiary/aromatic N) is 1. The molecule has 1 aliphatic heterocycles. The van der Waals surface area contributed by atoms with E-state index in [0.717, 1.165) is 31.6 Å². The molecule has 19 heavy (non-hydrogen) atoms. The Kier molecular flexibility index (Phi) is 5.73. The molecule has 1 unspecified atom stereocenters. The molecule has 0 saturated carbocycles. The Hall–Kier alpha value is -1.000. The molecule has 104 valence electrons. The summed E-state index contributed by atoms with van der Waals surface area (Å²) in [6.45, 7) is 2.11. The highest BCUT2D eigenvalue weighted by atomic mass is 32.2. The maximum absolute atomic E-state index is 12.5. The van der Waals surface area contributed by atoms with E-state index in [1.54, 1.807) is 11.8 Å². The van der Waals surface area contributed by atoms with Gasteiger partial charge in [0.25, 0.3) is 0 Å². The lowest BCUT2D eigenvalue weighted by Gasteiger charge is -2.25. The van der Waals surface area contributed by atoms with Crippen LogP contribution in [0, 0.1) is 0 Å². The second-order valence-electron chi connectivity index (χ2n) is 4.89. The third-order valence-electron chi connectivity index (χ3n) is 3.37. The minimum absolute atomic E-state index is 0.168. The van der Waals surface area contributed by atoms with Crippen molar-refractivity contribution >= 4 is 17.7 Å². The Morgan fingerprint density at radius 3 is 2.79 bits per heavy atom. The second-order valence-corrected chi connectivity index (χ2v) is 6.20. The Bertz CT molecular complexity index is 390. The quantitative estimate of drug-likeness (QED) is 0.868. The first-order chi connectivity index (χ1) is 9.31. The van der Waals surface area contributed by atoms with Crippen LogP contribution in [0.15, 0.2) is 30.3 Å². The van der Waals surface area contributed by atoms with Gasteiger partial charge in [-0.05, 0) is 37.1 Å². The fraction of sp³-hybridized carbons (Fsp3) is 0.533. The van der Waals surface area contributed by atoms with E-state index in [1.165, 1.54) is 5.56 Å². The summed E-state index contributed by atoms with van der Waals surface area (Å²) in [6.07, 6.45) is 3.06. The Labute approximate surface area is 119 Å². The van der Waals surface area contributed by atoms with Gasteiger partial charge in [-0.15, -0.1) is 11.8 Å². The summed E-state index contributed by atoms with van der Waals surface area (Å²) < 4.78 is 0. The van der Waals surface area contributed by atoms with Crippen molar-refractivity contribution in [1.82, 2.24) is 4.90 Å². The molecular weight excluding hydrogens is 256 g/mol. The van der Waals surface area contributed by atoms with Crippen LogP contribution in [0.4, 0.5) is 0 Å². The summed E-state index contributed by atoms with van der Waals surface area (Å²) >= 11 is 1.80. The first-order valence-electron chi connectivity index (χ1n) is 6.95. The Morgan fingerprint density at radius 1 is 1.37 bits per heavy atom. The van der Waals surface area contributed by atoms with Crippen LogP contribution in [-0.2, 0) is 11.3 Å². The lowest BCUT2D eigenvalue weighted by atomic mass is 10.1. The number of rotatable bonds is 6. The summed E-state index contributed by atoms with van der Waals surface area (Å²) in [4.78, 5) is 14.5. The van der Waals surface area contributed by atoms with Gasteiger partial charge in [0.2, 0.25) is 5.91 Å². The van der Waals surface area contributed by atoms with Gasteiger partial charge in [-0.25, -0.2) is 0 Å². The van der Waals surface area contributed by atoms with Crippen LogP contribution in [-0.4, -0.2) is 34.9 Å². The summed E-state index contributed by atoms with van der Waals surface area (Å²) in [7, 11) is 0. The van der Waals surface area contributed by atoms with Crippen LogP contribution in [0.5, 0.6) is 0 Å². The summed E-state index contributed by atoms with van der Waals surface area (Å²) in [5.74, 6) is 1.41. The molecule has 1 aromatic carbocycles. The van der Waals surface area contributed by atoms with Crippen LogP contribution >= 0.6 is 11.8 Å². The smallest absolute Gasteiger partial charge is 0.235 e. The van der Waals surface area contributed by atoms with E-state index in [9.17, 15) is 4.79 Å². The lowest BCUT2D eigenvalue weighted by Crippen LogP contribution is -2.37. The molecule has 1 fully saturated rings. The van der Waals surface area contributed by atoms with Crippen molar-refractivity contribution in [2.75, 3.05) is 18.8 Å². The van der Waals surface area contributed by atoms with Gasteiger partial charge in [0.15, 0.2) is 0 Å². The zero-order valence-electron chi connectivity index (χ0n) is 11.3. The molecule has 1 heterocycles. The van der Waals surface area contributed by atoms with Gasteiger partial charge in [-0.1, -0.05) is 30.3 Å². The van der Waals surface area contributed by atoms with E-state index in [2.05, 4.69) is 12.1 Å². The molecule has 2 N–H and O–H groups in total. The molecule has 0 aromatic heterocycles. The topological polar surface area (TPSA) is 46.3 Å². The van der Waals surface area contributed by atoms with E-state index in [4.69, 9.17) is 5.73 Å². The van der Waals surface area contributed by atoms with Crippen molar-refractivity contribution in [2.24, 2.45) is 5.73 Å². The van der Waals surface area contributed by atoms with Crippen LogP contribution in [0.25, 0.3) is 0 Å². The molecule has 3 nitrogen and oxygen atoms in total. The third-order valence-corrected chi connectivity index (χ3v) is 4.73. The van der Waals surface area contributed by atoms with E-state index in [1.807, 2.05) is 23.1 Å². The Balaban J connectivity index is 2.00. The van der Waals surface area contributed by atoms with Gasteiger partial charge in [0.1, 0.15) is 0 Å².